The molecule has 0 aromatic heterocycles. The number of likely N-dealkylation sites (tertiary alicyclic amines) is 1. The Kier molecular flexibility index (Phi) is 6.79. The van der Waals surface area contributed by atoms with E-state index in [0.29, 0.717) is 13.0 Å². The van der Waals surface area contributed by atoms with Crippen molar-refractivity contribution in [1.82, 2.24) is 4.90 Å². The third-order valence-corrected chi connectivity index (χ3v) is 3.31. The first kappa shape index (κ1) is 16.4. The van der Waals surface area contributed by atoms with Gasteiger partial charge in [-0.25, -0.2) is 0 Å². The fraction of sp³-hybridized carbons (Fsp3) is 0.923. The molecular weight excluding hydrogens is 259 g/mol. The van der Waals surface area contributed by atoms with Gasteiger partial charge in [0.1, 0.15) is 12.4 Å². The highest BCUT2D eigenvalue weighted by Crippen LogP contribution is 2.19. The monoisotopic (exact) mass is 281 g/mol. The van der Waals surface area contributed by atoms with Crippen LogP contribution in [0.1, 0.15) is 39.0 Å². The number of carbonyl (C=O) groups is 1. The van der Waals surface area contributed by atoms with E-state index in [1.165, 1.54) is 0 Å². The minimum atomic E-state index is -4.27. The summed E-state index contributed by atoms with van der Waals surface area (Å²) in [6.07, 6.45) is 0.398. The molecule has 0 radical (unpaired) electrons. The van der Waals surface area contributed by atoms with Crippen molar-refractivity contribution in [3.05, 3.63) is 0 Å². The quantitative estimate of drug-likeness (QED) is 0.701. The van der Waals surface area contributed by atoms with Crippen LogP contribution in [0.3, 0.4) is 0 Å². The second-order valence-electron chi connectivity index (χ2n) is 5.11. The fourth-order valence-electron chi connectivity index (χ4n) is 2.46. The van der Waals surface area contributed by atoms with Crippen LogP contribution in [0, 0.1) is 0 Å². The van der Waals surface area contributed by atoms with Crippen LogP contribution in [0.2, 0.25) is 0 Å². The molecule has 1 fully saturated rings. The molecule has 1 aliphatic heterocycles. The Hall–Kier alpha value is -0.620. The summed E-state index contributed by atoms with van der Waals surface area (Å²) in [6, 6.07) is 0.162. The summed E-state index contributed by atoms with van der Waals surface area (Å²) < 4.78 is 40.5. The summed E-state index contributed by atoms with van der Waals surface area (Å²) in [7, 11) is 0. The molecule has 3 nitrogen and oxygen atoms in total. The van der Waals surface area contributed by atoms with Crippen molar-refractivity contribution in [2.75, 3.05) is 26.3 Å². The largest absolute Gasteiger partial charge is 0.411 e. The lowest BCUT2D eigenvalue weighted by atomic mass is 10.0. The van der Waals surface area contributed by atoms with Crippen LogP contribution in [0.5, 0.6) is 0 Å². The number of halogens is 3. The lowest BCUT2D eigenvalue weighted by Gasteiger charge is -2.29. The van der Waals surface area contributed by atoms with Crippen molar-refractivity contribution in [2.45, 2.75) is 51.2 Å². The van der Waals surface area contributed by atoms with Crippen molar-refractivity contribution in [3.8, 4) is 0 Å². The molecule has 0 aromatic carbocycles. The highest BCUT2D eigenvalue weighted by Gasteiger charge is 2.28. The van der Waals surface area contributed by atoms with Gasteiger partial charge in [0, 0.05) is 19.0 Å². The average molecular weight is 281 g/mol. The maximum Gasteiger partial charge on any atom is 0.411 e. The number of Topliss-reactive ketones (excluding diaryl/α,β-unsaturated/α-hetero) is 1. The van der Waals surface area contributed by atoms with Gasteiger partial charge in [-0.2, -0.15) is 13.2 Å². The Bertz CT molecular complexity index is 282. The predicted molar refractivity (Wildman–Crippen MR) is 66.0 cm³/mol. The molecule has 6 heteroatoms. The second-order valence-corrected chi connectivity index (χ2v) is 5.11. The van der Waals surface area contributed by atoms with E-state index in [2.05, 4.69) is 9.64 Å². The highest BCUT2D eigenvalue weighted by molar-refractivity contribution is 5.76. The Balaban J connectivity index is 2.35. The van der Waals surface area contributed by atoms with Gasteiger partial charge in [-0.3, -0.25) is 9.69 Å². The molecule has 1 heterocycles. The van der Waals surface area contributed by atoms with E-state index in [-0.39, 0.29) is 18.4 Å². The lowest BCUT2D eigenvalue weighted by Crippen LogP contribution is -2.38. The summed E-state index contributed by atoms with van der Waals surface area (Å²) in [4.78, 5) is 13.3. The predicted octanol–water partition coefficient (Wildman–Crippen LogP) is 2.79. The van der Waals surface area contributed by atoms with Crippen molar-refractivity contribution >= 4 is 5.78 Å². The maximum atomic E-state index is 12.0. The van der Waals surface area contributed by atoms with E-state index >= 15 is 0 Å². The van der Waals surface area contributed by atoms with Crippen LogP contribution in [-0.4, -0.2) is 49.2 Å². The SMILES string of the molecule is CC(=O)CC1CCCCCN1CCOCC(F)(F)F. The Morgan fingerprint density at radius 1 is 1.32 bits per heavy atom. The number of nitrogens with zero attached hydrogens (tertiary/aromatic N) is 1. The van der Waals surface area contributed by atoms with Crippen molar-refractivity contribution < 1.29 is 22.7 Å². The number of carbonyl (C=O) groups excluding carboxylic acids is 1. The molecule has 1 atom stereocenters. The van der Waals surface area contributed by atoms with Gasteiger partial charge in [-0.15, -0.1) is 0 Å². The molecule has 0 amide bonds. The molecule has 0 saturated carbocycles. The van der Waals surface area contributed by atoms with Gasteiger partial charge in [0.25, 0.3) is 0 Å². The van der Waals surface area contributed by atoms with Gasteiger partial charge < -0.3 is 4.74 Å². The number of ketones is 1. The number of hydrogen-bond acceptors (Lipinski definition) is 3. The van der Waals surface area contributed by atoms with E-state index in [1.54, 1.807) is 6.92 Å². The molecule has 112 valence electrons. The van der Waals surface area contributed by atoms with Gasteiger partial charge in [-0.1, -0.05) is 12.8 Å². The molecule has 0 aromatic rings. The third kappa shape index (κ3) is 7.52. The Morgan fingerprint density at radius 3 is 2.68 bits per heavy atom. The molecule has 1 saturated heterocycles. The lowest BCUT2D eigenvalue weighted by molar-refractivity contribution is -0.174. The average Bonchev–Trinajstić information content (AvgIpc) is 2.48. The molecule has 19 heavy (non-hydrogen) atoms. The molecular formula is C13H22F3NO2. The summed E-state index contributed by atoms with van der Waals surface area (Å²) in [5.41, 5.74) is 0. The van der Waals surface area contributed by atoms with Crippen molar-refractivity contribution in [3.63, 3.8) is 0 Å². The van der Waals surface area contributed by atoms with Crippen LogP contribution in [-0.2, 0) is 9.53 Å². The highest BCUT2D eigenvalue weighted by atomic mass is 19.4. The summed E-state index contributed by atoms with van der Waals surface area (Å²) in [5.74, 6) is 0.133. The molecule has 0 aliphatic carbocycles. The molecule has 1 aliphatic rings. The number of rotatable bonds is 6. The van der Waals surface area contributed by atoms with Crippen LogP contribution in [0.25, 0.3) is 0 Å². The van der Waals surface area contributed by atoms with Crippen molar-refractivity contribution in [2.24, 2.45) is 0 Å². The first-order valence-electron chi connectivity index (χ1n) is 6.76. The van der Waals surface area contributed by atoms with E-state index in [4.69, 9.17) is 0 Å². The van der Waals surface area contributed by atoms with Crippen molar-refractivity contribution in [1.29, 1.82) is 0 Å². The normalized spacial score (nSPS) is 22.2. The number of alkyl halides is 3. The molecule has 0 N–H and O–H groups in total. The molecule has 0 spiro atoms. The standard InChI is InChI=1S/C13H22F3NO2/c1-11(18)9-12-5-3-2-4-6-17(12)7-8-19-10-13(14,15)16/h12H,2-10H2,1H3. The Labute approximate surface area is 112 Å². The summed E-state index contributed by atoms with van der Waals surface area (Å²) in [5, 5.41) is 0. The molecule has 1 rings (SSSR count). The second kappa shape index (κ2) is 7.85. The first-order valence-corrected chi connectivity index (χ1v) is 6.76. The van der Waals surface area contributed by atoms with Crippen LogP contribution in [0.4, 0.5) is 13.2 Å². The van der Waals surface area contributed by atoms with Gasteiger partial charge in [0.2, 0.25) is 0 Å². The van der Waals surface area contributed by atoms with E-state index < -0.39 is 12.8 Å². The topological polar surface area (TPSA) is 29.5 Å². The number of hydrogen-bond donors (Lipinski definition) is 0. The number of ether oxygens (including phenoxy) is 1. The third-order valence-electron chi connectivity index (χ3n) is 3.31. The molecule has 0 bridgehead atoms. The minimum Gasteiger partial charge on any atom is -0.371 e. The zero-order chi connectivity index (χ0) is 14.3. The zero-order valence-electron chi connectivity index (χ0n) is 11.3. The maximum absolute atomic E-state index is 12.0. The van der Waals surface area contributed by atoms with Crippen LogP contribution < -0.4 is 0 Å². The van der Waals surface area contributed by atoms with Crippen LogP contribution >= 0.6 is 0 Å². The van der Waals surface area contributed by atoms with Gasteiger partial charge >= 0.3 is 6.18 Å². The fourth-order valence-corrected chi connectivity index (χ4v) is 2.46. The van der Waals surface area contributed by atoms with Gasteiger partial charge in [0.15, 0.2) is 0 Å². The zero-order valence-corrected chi connectivity index (χ0v) is 11.3. The summed E-state index contributed by atoms with van der Waals surface area (Å²) in [6.45, 7) is 1.73. The smallest absolute Gasteiger partial charge is 0.371 e. The minimum absolute atomic E-state index is 0.0634. The molecule has 1 unspecified atom stereocenters. The Morgan fingerprint density at radius 2 is 2.05 bits per heavy atom. The van der Waals surface area contributed by atoms with E-state index in [9.17, 15) is 18.0 Å². The summed E-state index contributed by atoms with van der Waals surface area (Å²) >= 11 is 0. The van der Waals surface area contributed by atoms with Crippen LogP contribution in [0.15, 0.2) is 0 Å². The van der Waals surface area contributed by atoms with Gasteiger partial charge in [-0.05, 0) is 26.3 Å². The van der Waals surface area contributed by atoms with E-state index in [0.717, 1.165) is 32.2 Å². The van der Waals surface area contributed by atoms with E-state index in [1.807, 2.05) is 0 Å². The van der Waals surface area contributed by atoms with Gasteiger partial charge in [0.05, 0.1) is 6.61 Å². The first-order chi connectivity index (χ1) is 8.88.